The first-order valence-electron chi connectivity index (χ1n) is 7.95. The SMILES string of the molecule is N#Cc1cc(C(F)(F)F)ccc1N1CCN(Cc2ccncc2)CC1. The fourth-order valence-electron chi connectivity index (χ4n) is 2.97. The van der Waals surface area contributed by atoms with E-state index in [0.717, 1.165) is 31.8 Å². The van der Waals surface area contributed by atoms with Crippen LogP contribution in [-0.2, 0) is 12.7 Å². The normalized spacial score (nSPS) is 15.8. The number of hydrogen-bond donors (Lipinski definition) is 0. The van der Waals surface area contributed by atoms with E-state index in [1.54, 1.807) is 12.4 Å². The van der Waals surface area contributed by atoms with E-state index in [1.165, 1.54) is 11.6 Å². The molecule has 0 saturated carbocycles. The average molecular weight is 346 g/mol. The fourth-order valence-corrected chi connectivity index (χ4v) is 2.97. The second-order valence-corrected chi connectivity index (χ2v) is 5.96. The van der Waals surface area contributed by atoms with E-state index in [2.05, 4.69) is 9.88 Å². The van der Waals surface area contributed by atoms with Crippen LogP contribution >= 0.6 is 0 Å². The molecule has 0 atom stereocenters. The van der Waals surface area contributed by atoms with E-state index >= 15 is 0 Å². The van der Waals surface area contributed by atoms with E-state index < -0.39 is 11.7 Å². The number of anilines is 1. The smallest absolute Gasteiger partial charge is 0.368 e. The number of rotatable bonds is 3. The number of pyridine rings is 1. The number of alkyl halides is 3. The Kier molecular flexibility index (Phi) is 4.91. The van der Waals surface area contributed by atoms with Crippen molar-refractivity contribution in [3.63, 3.8) is 0 Å². The average Bonchev–Trinajstić information content (AvgIpc) is 2.62. The molecular formula is C18H17F3N4. The molecule has 0 amide bonds. The molecule has 7 heteroatoms. The highest BCUT2D eigenvalue weighted by Crippen LogP contribution is 2.33. The summed E-state index contributed by atoms with van der Waals surface area (Å²) >= 11 is 0. The van der Waals surface area contributed by atoms with Crippen molar-refractivity contribution < 1.29 is 13.2 Å². The van der Waals surface area contributed by atoms with Crippen molar-refractivity contribution in [2.75, 3.05) is 31.1 Å². The van der Waals surface area contributed by atoms with E-state index in [-0.39, 0.29) is 5.56 Å². The fraction of sp³-hybridized carbons (Fsp3) is 0.333. The van der Waals surface area contributed by atoms with Gasteiger partial charge in [-0.3, -0.25) is 9.88 Å². The number of benzene rings is 1. The van der Waals surface area contributed by atoms with Gasteiger partial charge in [0.05, 0.1) is 16.8 Å². The van der Waals surface area contributed by atoms with Gasteiger partial charge in [0.15, 0.2) is 0 Å². The first-order valence-corrected chi connectivity index (χ1v) is 7.95. The number of nitrogens with zero attached hydrogens (tertiary/aromatic N) is 4. The number of aromatic nitrogens is 1. The minimum Gasteiger partial charge on any atom is -0.368 e. The number of halogens is 3. The van der Waals surface area contributed by atoms with Crippen molar-refractivity contribution >= 4 is 5.69 Å². The van der Waals surface area contributed by atoms with Gasteiger partial charge in [-0.2, -0.15) is 18.4 Å². The van der Waals surface area contributed by atoms with Crippen LogP contribution in [0.3, 0.4) is 0 Å². The van der Waals surface area contributed by atoms with Gasteiger partial charge in [-0.25, -0.2) is 0 Å². The van der Waals surface area contributed by atoms with E-state index in [0.29, 0.717) is 18.8 Å². The number of nitriles is 1. The van der Waals surface area contributed by atoms with Crippen LogP contribution in [-0.4, -0.2) is 36.1 Å². The summed E-state index contributed by atoms with van der Waals surface area (Å²) in [7, 11) is 0. The second kappa shape index (κ2) is 7.11. The minimum atomic E-state index is -4.44. The molecule has 0 radical (unpaired) electrons. The molecule has 1 aliphatic heterocycles. The highest BCUT2D eigenvalue weighted by molar-refractivity contribution is 5.61. The summed E-state index contributed by atoms with van der Waals surface area (Å²) in [4.78, 5) is 8.25. The molecule has 4 nitrogen and oxygen atoms in total. The number of piperazine rings is 1. The molecule has 1 aliphatic rings. The molecular weight excluding hydrogens is 329 g/mol. The zero-order valence-corrected chi connectivity index (χ0v) is 13.5. The summed E-state index contributed by atoms with van der Waals surface area (Å²) in [5, 5.41) is 9.23. The summed E-state index contributed by atoms with van der Waals surface area (Å²) in [6.45, 7) is 3.73. The summed E-state index contributed by atoms with van der Waals surface area (Å²) in [6, 6.07) is 9.20. The van der Waals surface area contributed by atoms with Gasteiger partial charge in [0.1, 0.15) is 6.07 Å². The molecule has 130 valence electrons. The minimum absolute atomic E-state index is 0.0670. The third-order valence-corrected chi connectivity index (χ3v) is 4.31. The number of hydrogen-bond acceptors (Lipinski definition) is 4. The van der Waals surface area contributed by atoms with Crippen LogP contribution in [0, 0.1) is 11.3 Å². The zero-order chi connectivity index (χ0) is 17.9. The molecule has 0 unspecified atom stereocenters. The van der Waals surface area contributed by atoms with Crippen molar-refractivity contribution in [3.8, 4) is 6.07 Å². The molecule has 2 heterocycles. The molecule has 3 rings (SSSR count). The summed E-state index contributed by atoms with van der Waals surface area (Å²) < 4.78 is 38.4. The Morgan fingerprint density at radius 3 is 2.32 bits per heavy atom. The third-order valence-electron chi connectivity index (χ3n) is 4.31. The summed E-state index contributed by atoms with van der Waals surface area (Å²) in [6.07, 6.45) is -0.923. The van der Waals surface area contributed by atoms with Crippen molar-refractivity contribution in [3.05, 3.63) is 59.4 Å². The lowest BCUT2D eigenvalue weighted by atomic mass is 10.1. The quantitative estimate of drug-likeness (QED) is 0.855. The lowest BCUT2D eigenvalue weighted by Gasteiger charge is -2.36. The molecule has 0 N–H and O–H groups in total. The van der Waals surface area contributed by atoms with Gasteiger partial charge in [-0.1, -0.05) is 0 Å². The van der Waals surface area contributed by atoms with Gasteiger partial charge in [-0.15, -0.1) is 0 Å². The Morgan fingerprint density at radius 1 is 1.04 bits per heavy atom. The first kappa shape index (κ1) is 17.2. The standard InChI is InChI=1S/C18H17F3N4/c19-18(20,21)16-1-2-17(15(11-16)12-22)25-9-7-24(8-10-25)13-14-3-5-23-6-4-14/h1-6,11H,7-10,13H2. The lowest BCUT2D eigenvalue weighted by Crippen LogP contribution is -2.46. The van der Waals surface area contributed by atoms with Crippen molar-refractivity contribution in [2.24, 2.45) is 0 Å². The molecule has 0 spiro atoms. The Hall–Kier alpha value is -2.59. The Morgan fingerprint density at radius 2 is 1.72 bits per heavy atom. The molecule has 1 fully saturated rings. The van der Waals surface area contributed by atoms with Gasteiger partial charge in [-0.05, 0) is 35.9 Å². The van der Waals surface area contributed by atoms with Crippen LogP contribution in [0.2, 0.25) is 0 Å². The predicted molar refractivity (Wildman–Crippen MR) is 87.9 cm³/mol. The molecule has 0 aliphatic carbocycles. The van der Waals surface area contributed by atoms with Crippen molar-refractivity contribution in [2.45, 2.75) is 12.7 Å². The van der Waals surface area contributed by atoms with Gasteiger partial charge in [0.2, 0.25) is 0 Å². The molecule has 25 heavy (non-hydrogen) atoms. The Labute approximate surface area is 144 Å². The highest BCUT2D eigenvalue weighted by Gasteiger charge is 2.31. The summed E-state index contributed by atoms with van der Waals surface area (Å²) in [5.74, 6) is 0. The van der Waals surface area contributed by atoms with Gasteiger partial charge in [0, 0.05) is 45.1 Å². The lowest BCUT2D eigenvalue weighted by molar-refractivity contribution is -0.137. The molecule has 1 saturated heterocycles. The van der Waals surface area contributed by atoms with E-state index in [4.69, 9.17) is 0 Å². The monoisotopic (exact) mass is 346 g/mol. The van der Waals surface area contributed by atoms with Crippen LogP contribution < -0.4 is 4.90 Å². The van der Waals surface area contributed by atoms with Gasteiger partial charge < -0.3 is 4.90 Å². The van der Waals surface area contributed by atoms with Crippen LogP contribution in [0.15, 0.2) is 42.7 Å². The van der Waals surface area contributed by atoms with E-state index in [9.17, 15) is 18.4 Å². The zero-order valence-electron chi connectivity index (χ0n) is 13.5. The summed E-state index contributed by atoms with van der Waals surface area (Å²) in [5.41, 5.74) is 1.02. The maximum atomic E-state index is 12.8. The second-order valence-electron chi connectivity index (χ2n) is 5.96. The Bertz CT molecular complexity index is 760. The van der Waals surface area contributed by atoms with Crippen LogP contribution in [0.5, 0.6) is 0 Å². The molecule has 0 bridgehead atoms. The van der Waals surface area contributed by atoms with E-state index in [1.807, 2.05) is 23.1 Å². The van der Waals surface area contributed by atoms with Crippen molar-refractivity contribution in [1.29, 1.82) is 5.26 Å². The predicted octanol–water partition coefficient (Wildman–Crippen LogP) is 3.29. The van der Waals surface area contributed by atoms with Crippen molar-refractivity contribution in [1.82, 2.24) is 9.88 Å². The highest BCUT2D eigenvalue weighted by atomic mass is 19.4. The van der Waals surface area contributed by atoms with Gasteiger partial charge >= 0.3 is 6.18 Å². The van der Waals surface area contributed by atoms with Crippen LogP contribution in [0.4, 0.5) is 18.9 Å². The van der Waals surface area contributed by atoms with Gasteiger partial charge in [0.25, 0.3) is 0 Å². The largest absolute Gasteiger partial charge is 0.416 e. The topological polar surface area (TPSA) is 43.2 Å². The maximum absolute atomic E-state index is 12.8. The third kappa shape index (κ3) is 4.09. The van der Waals surface area contributed by atoms with Crippen LogP contribution in [0.25, 0.3) is 0 Å². The first-order chi connectivity index (χ1) is 12.0. The Balaban J connectivity index is 1.68. The molecule has 1 aromatic carbocycles. The maximum Gasteiger partial charge on any atom is 0.416 e. The van der Waals surface area contributed by atoms with Crippen LogP contribution in [0.1, 0.15) is 16.7 Å². The molecule has 2 aromatic rings. The molecule has 1 aromatic heterocycles.